The Morgan fingerprint density at radius 3 is 2.65 bits per heavy atom. The molecule has 2 aromatic carbocycles. The summed E-state index contributed by atoms with van der Waals surface area (Å²) < 4.78 is 8.53. The molecule has 0 N–H and O–H groups in total. The number of rotatable bonds is 9. The first-order valence-corrected chi connectivity index (χ1v) is 11.0. The van der Waals surface area contributed by atoms with Crippen LogP contribution in [0.3, 0.4) is 0 Å². The van der Waals surface area contributed by atoms with E-state index in [0.29, 0.717) is 18.7 Å². The summed E-state index contributed by atoms with van der Waals surface area (Å²) in [7, 11) is 0. The second-order valence-corrected chi connectivity index (χ2v) is 8.02. The molecule has 6 nitrogen and oxygen atoms in total. The molecule has 1 heterocycles. The number of hydrogen-bond acceptors (Lipinski definition) is 5. The predicted octanol–water partition coefficient (Wildman–Crippen LogP) is 5.68. The van der Waals surface area contributed by atoms with Gasteiger partial charge in [0.1, 0.15) is 5.75 Å². The maximum absolute atomic E-state index is 12.4. The van der Waals surface area contributed by atoms with Gasteiger partial charge in [0.25, 0.3) is 0 Å². The van der Waals surface area contributed by atoms with E-state index < -0.39 is 5.97 Å². The van der Waals surface area contributed by atoms with E-state index >= 15 is 0 Å². The zero-order valence-corrected chi connectivity index (χ0v) is 19.6. The molecule has 0 spiro atoms. The molecule has 0 aliphatic carbocycles. The Morgan fingerprint density at radius 1 is 1.19 bits per heavy atom. The van der Waals surface area contributed by atoms with Gasteiger partial charge in [-0.25, -0.2) is 4.79 Å². The van der Waals surface area contributed by atoms with Crippen molar-refractivity contribution in [2.45, 2.75) is 40.2 Å². The molecule has 0 unspecified atom stereocenters. The second-order valence-electron chi connectivity index (χ2n) is 7.23. The van der Waals surface area contributed by atoms with Crippen LogP contribution in [0.15, 0.2) is 58.2 Å². The van der Waals surface area contributed by atoms with Crippen LogP contribution in [-0.2, 0) is 11.4 Å². The van der Waals surface area contributed by atoms with Gasteiger partial charge >= 0.3 is 5.97 Å². The van der Waals surface area contributed by atoms with Gasteiger partial charge in [0, 0.05) is 0 Å². The largest absolute Gasteiger partial charge is 0.494 e. The first kappa shape index (κ1) is 22.7. The molecular weight excluding hydrogens is 458 g/mol. The van der Waals surface area contributed by atoms with E-state index in [0.717, 1.165) is 45.6 Å². The molecule has 0 radical (unpaired) electrons. The van der Waals surface area contributed by atoms with Crippen molar-refractivity contribution in [3.05, 3.63) is 81.1 Å². The summed E-state index contributed by atoms with van der Waals surface area (Å²) in [4.78, 5) is 17.4. The van der Waals surface area contributed by atoms with Crippen molar-refractivity contribution >= 4 is 28.1 Å². The number of ether oxygens (including phenoxy) is 1. The summed E-state index contributed by atoms with van der Waals surface area (Å²) in [6.45, 7) is 7.35. The van der Waals surface area contributed by atoms with Crippen molar-refractivity contribution < 1.29 is 14.4 Å². The molecular formula is C24H26BrN3O3. The van der Waals surface area contributed by atoms with Crippen molar-refractivity contribution in [2.24, 2.45) is 5.16 Å². The van der Waals surface area contributed by atoms with E-state index in [2.05, 4.69) is 33.1 Å². The highest BCUT2D eigenvalue weighted by Crippen LogP contribution is 2.21. The van der Waals surface area contributed by atoms with Crippen LogP contribution in [0, 0.1) is 13.8 Å². The molecule has 0 saturated heterocycles. The van der Waals surface area contributed by atoms with Crippen molar-refractivity contribution in [3.63, 3.8) is 0 Å². The van der Waals surface area contributed by atoms with Crippen LogP contribution < -0.4 is 4.74 Å². The van der Waals surface area contributed by atoms with Gasteiger partial charge in [-0.2, -0.15) is 5.10 Å². The molecule has 7 heteroatoms. The summed E-state index contributed by atoms with van der Waals surface area (Å²) in [6.07, 6.45) is 3.63. The lowest BCUT2D eigenvalue weighted by molar-refractivity contribution is 0.0519. The molecule has 0 atom stereocenters. The summed E-state index contributed by atoms with van der Waals surface area (Å²) in [5.41, 5.74) is 4.18. The normalized spacial score (nSPS) is 11.1. The van der Waals surface area contributed by atoms with Crippen LogP contribution in [0.4, 0.5) is 0 Å². The van der Waals surface area contributed by atoms with Crippen LogP contribution in [0.2, 0.25) is 0 Å². The van der Waals surface area contributed by atoms with E-state index in [1.165, 1.54) is 6.21 Å². The van der Waals surface area contributed by atoms with Crippen molar-refractivity contribution in [2.75, 3.05) is 6.61 Å². The Labute approximate surface area is 191 Å². The lowest BCUT2D eigenvalue weighted by atomic mass is 10.1. The van der Waals surface area contributed by atoms with Gasteiger partial charge < -0.3 is 9.57 Å². The number of aryl methyl sites for hydroxylation is 1. The Hall–Kier alpha value is -2.93. The first-order valence-electron chi connectivity index (χ1n) is 10.2. The quantitative estimate of drug-likeness (QED) is 0.170. The summed E-state index contributed by atoms with van der Waals surface area (Å²) >= 11 is 3.54. The van der Waals surface area contributed by atoms with E-state index in [1.807, 2.05) is 54.9 Å². The Kier molecular flexibility index (Phi) is 8.00. The molecule has 0 aliphatic rings. The fourth-order valence-corrected chi connectivity index (χ4v) is 3.25. The van der Waals surface area contributed by atoms with E-state index in [1.54, 1.807) is 12.1 Å². The molecule has 0 fully saturated rings. The highest BCUT2D eigenvalue weighted by Gasteiger charge is 2.11. The average molecular weight is 484 g/mol. The van der Waals surface area contributed by atoms with Crippen LogP contribution in [-0.4, -0.2) is 28.6 Å². The fourth-order valence-electron chi connectivity index (χ4n) is 2.97. The summed E-state index contributed by atoms with van der Waals surface area (Å²) in [5, 5.41) is 8.34. The molecule has 31 heavy (non-hydrogen) atoms. The third-order valence-corrected chi connectivity index (χ3v) is 5.92. The highest BCUT2D eigenvalue weighted by molar-refractivity contribution is 9.10. The number of unbranched alkanes of at least 4 members (excludes halogenated alkanes) is 1. The second kappa shape index (κ2) is 10.9. The third-order valence-electron chi connectivity index (χ3n) is 4.77. The number of oxime groups is 1. The number of benzene rings is 2. The minimum Gasteiger partial charge on any atom is -0.494 e. The van der Waals surface area contributed by atoms with E-state index in [-0.39, 0.29) is 0 Å². The Morgan fingerprint density at radius 2 is 1.97 bits per heavy atom. The first-order chi connectivity index (χ1) is 15.0. The van der Waals surface area contributed by atoms with Gasteiger partial charge in [-0.1, -0.05) is 30.6 Å². The lowest BCUT2D eigenvalue weighted by Gasteiger charge is -2.06. The van der Waals surface area contributed by atoms with Crippen molar-refractivity contribution in [1.29, 1.82) is 0 Å². The zero-order valence-electron chi connectivity index (χ0n) is 18.0. The van der Waals surface area contributed by atoms with Crippen LogP contribution in [0.25, 0.3) is 0 Å². The minimum atomic E-state index is -0.507. The smallest absolute Gasteiger partial charge is 0.365 e. The van der Waals surface area contributed by atoms with Gasteiger partial charge in [-0.3, -0.25) is 4.68 Å². The number of nitrogens with zero attached hydrogens (tertiary/aromatic N) is 3. The molecule has 0 aliphatic heterocycles. The van der Waals surface area contributed by atoms with Gasteiger partial charge in [0.2, 0.25) is 0 Å². The molecule has 3 rings (SSSR count). The zero-order chi connectivity index (χ0) is 22.2. The van der Waals surface area contributed by atoms with Crippen LogP contribution >= 0.6 is 15.9 Å². The van der Waals surface area contributed by atoms with Gasteiger partial charge in [0.05, 0.1) is 40.8 Å². The Bertz CT molecular complexity index is 1060. The summed E-state index contributed by atoms with van der Waals surface area (Å²) in [6, 6.07) is 14.8. The molecule has 0 saturated carbocycles. The van der Waals surface area contributed by atoms with Gasteiger partial charge in [0.15, 0.2) is 0 Å². The fraction of sp³-hybridized carbons (Fsp3) is 0.292. The molecule has 162 valence electrons. The van der Waals surface area contributed by atoms with Crippen LogP contribution in [0.5, 0.6) is 5.75 Å². The topological polar surface area (TPSA) is 65.7 Å². The van der Waals surface area contributed by atoms with Crippen molar-refractivity contribution in [3.8, 4) is 5.75 Å². The summed E-state index contributed by atoms with van der Waals surface area (Å²) in [5.74, 6) is 0.307. The highest BCUT2D eigenvalue weighted by atomic mass is 79.9. The monoisotopic (exact) mass is 483 g/mol. The molecule has 1 aromatic heterocycles. The minimum absolute atomic E-state index is 0.440. The Balaban J connectivity index is 1.58. The maximum atomic E-state index is 12.4. The number of aromatic nitrogens is 2. The van der Waals surface area contributed by atoms with E-state index in [4.69, 9.17) is 9.57 Å². The predicted molar refractivity (Wildman–Crippen MR) is 125 cm³/mol. The van der Waals surface area contributed by atoms with Crippen LogP contribution in [0.1, 0.15) is 52.6 Å². The van der Waals surface area contributed by atoms with Crippen molar-refractivity contribution in [1.82, 2.24) is 9.78 Å². The number of carbonyl (C=O) groups is 1. The van der Waals surface area contributed by atoms with E-state index in [9.17, 15) is 4.79 Å². The SMILES string of the molecule is CCCCOc1ccc(C=NOC(=O)c2cccc(Cn3nc(C)c(Br)c3C)c2)cc1. The average Bonchev–Trinajstić information content (AvgIpc) is 3.01. The molecule has 0 bridgehead atoms. The third kappa shape index (κ3) is 6.28. The molecule has 0 amide bonds. The van der Waals surface area contributed by atoms with Gasteiger partial charge in [-0.05, 0) is 83.7 Å². The maximum Gasteiger partial charge on any atom is 0.365 e. The lowest BCUT2D eigenvalue weighted by Crippen LogP contribution is -2.06. The number of hydrogen-bond donors (Lipinski definition) is 0. The standard InChI is InChI=1S/C24H26BrN3O3/c1-4-5-13-30-22-11-9-19(10-12-22)15-26-31-24(29)21-8-6-7-20(14-21)16-28-18(3)23(25)17(2)27-28/h6-12,14-15H,4-5,13,16H2,1-3H3. The molecule has 3 aromatic rings. The van der Waals surface area contributed by atoms with Gasteiger partial charge in [-0.15, -0.1) is 0 Å². The number of carbonyl (C=O) groups excluding carboxylic acids is 1. The number of halogens is 1.